The van der Waals surface area contributed by atoms with E-state index in [9.17, 15) is 4.79 Å². The van der Waals surface area contributed by atoms with Crippen molar-refractivity contribution in [2.45, 2.75) is 57.7 Å². The van der Waals surface area contributed by atoms with Crippen LogP contribution in [-0.4, -0.2) is 53.9 Å². The smallest absolute Gasteiger partial charge is 0.251 e. The molecule has 1 amide bonds. The molecule has 0 radical (unpaired) electrons. The number of nitrogens with one attached hydrogen (secondary N) is 2. The average molecular weight is 438 g/mol. The van der Waals surface area contributed by atoms with Crippen LogP contribution >= 0.6 is 0 Å². The lowest BCUT2D eigenvalue weighted by molar-refractivity contribution is 0.0957. The van der Waals surface area contributed by atoms with Gasteiger partial charge in [0.25, 0.3) is 5.91 Å². The lowest BCUT2D eigenvalue weighted by Gasteiger charge is -2.49. The minimum absolute atomic E-state index is 0.0567. The number of benzene rings is 1. The Morgan fingerprint density at radius 2 is 1.91 bits per heavy atom. The van der Waals surface area contributed by atoms with E-state index in [0.717, 1.165) is 24.2 Å². The van der Waals surface area contributed by atoms with Crippen LogP contribution in [0.2, 0.25) is 0 Å². The molecule has 1 aromatic carbocycles. The van der Waals surface area contributed by atoms with Crippen molar-refractivity contribution in [3.8, 4) is 17.0 Å². The van der Waals surface area contributed by atoms with E-state index in [1.165, 1.54) is 0 Å². The van der Waals surface area contributed by atoms with Crippen molar-refractivity contribution < 1.29 is 9.53 Å². The highest BCUT2D eigenvalue weighted by molar-refractivity contribution is 5.95. The average Bonchev–Trinajstić information content (AvgIpc) is 2.74. The first-order chi connectivity index (χ1) is 15.0. The third-order valence-corrected chi connectivity index (χ3v) is 5.87. The van der Waals surface area contributed by atoms with Crippen molar-refractivity contribution in [3.05, 3.63) is 48.6 Å². The second kappa shape index (κ2) is 9.28. The molecule has 1 aromatic heterocycles. The van der Waals surface area contributed by atoms with Crippen LogP contribution in [0.5, 0.6) is 5.75 Å². The van der Waals surface area contributed by atoms with Crippen LogP contribution in [0.25, 0.3) is 11.3 Å². The second-order valence-corrected chi connectivity index (χ2v) is 9.76. The van der Waals surface area contributed by atoms with Crippen LogP contribution < -0.4 is 20.3 Å². The third-order valence-electron chi connectivity index (χ3n) is 5.87. The molecule has 1 aliphatic rings. The highest BCUT2D eigenvalue weighted by Gasteiger charge is 2.39. The van der Waals surface area contributed by atoms with Gasteiger partial charge in [0.05, 0.1) is 12.8 Å². The van der Waals surface area contributed by atoms with E-state index < -0.39 is 0 Å². The Morgan fingerprint density at radius 1 is 1.22 bits per heavy atom. The number of nitrogens with zero attached hydrogens (tertiary/aromatic N) is 3. The molecular weight excluding hydrogens is 402 g/mol. The number of hydrogen-bond donors (Lipinski definition) is 2. The van der Waals surface area contributed by atoms with Gasteiger partial charge in [0.1, 0.15) is 5.75 Å². The number of methoxy groups -OCH3 is 1. The fourth-order valence-corrected chi connectivity index (χ4v) is 4.70. The minimum Gasteiger partial charge on any atom is -0.496 e. The summed E-state index contributed by atoms with van der Waals surface area (Å²) in [5.41, 5.74) is 2.12. The predicted molar refractivity (Wildman–Crippen MR) is 129 cm³/mol. The van der Waals surface area contributed by atoms with Crippen LogP contribution in [0.15, 0.2) is 43.0 Å². The molecule has 2 aromatic rings. The van der Waals surface area contributed by atoms with E-state index in [1.54, 1.807) is 25.3 Å². The SMILES string of the molecule is C=CCNC(=O)c1ccc(-c2ccc(N(C)C3CC(C)(C)NC(C)(C)C3)nn2)c(OC)c1. The highest BCUT2D eigenvalue weighted by atomic mass is 16.5. The minimum atomic E-state index is -0.175. The number of piperidine rings is 1. The first-order valence-corrected chi connectivity index (χ1v) is 11.0. The monoisotopic (exact) mass is 437 g/mol. The summed E-state index contributed by atoms with van der Waals surface area (Å²) in [6, 6.07) is 9.63. The zero-order valence-corrected chi connectivity index (χ0v) is 20.0. The number of anilines is 1. The van der Waals surface area contributed by atoms with Crippen LogP contribution in [0.4, 0.5) is 5.82 Å². The predicted octanol–water partition coefficient (Wildman–Crippen LogP) is 3.81. The topological polar surface area (TPSA) is 79.4 Å². The third kappa shape index (κ3) is 5.46. The number of hydrogen-bond acceptors (Lipinski definition) is 6. The van der Waals surface area contributed by atoms with Gasteiger partial charge in [-0.1, -0.05) is 6.08 Å². The molecule has 3 rings (SSSR count). The molecule has 0 bridgehead atoms. The van der Waals surface area contributed by atoms with E-state index in [1.807, 2.05) is 18.2 Å². The molecule has 0 saturated carbocycles. The zero-order chi connectivity index (χ0) is 23.5. The first kappa shape index (κ1) is 23.7. The van der Waals surface area contributed by atoms with Crippen molar-refractivity contribution in [3.63, 3.8) is 0 Å². The van der Waals surface area contributed by atoms with Gasteiger partial charge < -0.3 is 20.3 Å². The van der Waals surface area contributed by atoms with Gasteiger partial charge in [-0.05, 0) is 70.9 Å². The fraction of sp³-hybridized carbons (Fsp3) is 0.480. The molecule has 0 spiro atoms. The molecule has 1 fully saturated rings. The number of carbonyl (C=O) groups is 1. The number of aromatic nitrogens is 2. The summed E-state index contributed by atoms with van der Waals surface area (Å²) < 4.78 is 5.53. The Bertz CT molecular complexity index is 953. The summed E-state index contributed by atoms with van der Waals surface area (Å²) in [6.45, 7) is 13.0. The van der Waals surface area contributed by atoms with E-state index in [0.29, 0.717) is 29.6 Å². The van der Waals surface area contributed by atoms with Gasteiger partial charge >= 0.3 is 0 Å². The Hall–Kier alpha value is -2.93. The molecule has 0 aliphatic carbocycles. The van der Waals surface area contributed by atoms with Gasteiger partial charge in [0.2, 0.25) is 0 Å². The quantitative estimate of drug-likeness (QED) is 0.641. The first-order valence-electron chi connectivity index (χ1n) is 11.0. The Morgan fingerprint density at radius 3 is 2.47 bits per heavy atom. The van der Waals surface area contributed by atoms with Gasteiger partial charge in [-0.15, -0.1) is 16.8 Å². The largest absolute Gasteiger partial charge is 0.496 e. The summed E-state index contributed by atoms with van der Waals surface area (Å²) in [4.78, 5) is 14.5. The molecule has 1 saturated heterocycles. The maximum atomic E-state index is 12.2. The van der Waals surface area contributed by atoms with E-state index in [4.69, 9.17) is 4.74 Å². The van der Waals surface area contributed by atoms with Crippen molar-refractivity contribution >= 4 is 11.7 Å². The van der Waals surface area contributed by atoms with Crippen LogP contribution in [-0.2, 0) is 0 Å². The normalized spacial score (nSPS) is 17.4. The molecule has 0 atom stereocenters. The Labute approximate surface area is 191 Å². The van der Waals surface area contributed by atoms with Crippen LogP contribution in [0, 0.1) is 0 Å². The second-order valence-electron chi connectivity index (χ2n) is 9.76. The number of ether oxygens (including phenoxy) is 1. The van der Waals surface area contributed by atoms with E-state index in [2.05, 4.69) is 67.1 Å². The summed E-state index contributed by atoms with van der Waals surface area (Å²) >= 11 is 0. The lowest BCUT2D eigenvalue weighted by atomic mass is 9.79. The van der Waals surface area contributed by atoms with Crippen molar-refractivity contribution in [1.29, 1.82) is 0 Å². The molecule has 172 valence electrons. The number of amides is 1. The van der Waals surface area contributed by atoms with Gasteiger partial charge in [-0.2, -0.15) is 0 Å². The maximum absolute atomic E-state index is 12.2. The van der Waals surface area contributed by atoms with Gasteiger partial charge in [0, 0.05) is 41.8 Å². The Balaban J connectivity index is 1.80. The molecule has 32 heavy (non-hydrogen) atoms. The fourth-order valence-electron chi connectivity index (χ4n) is 4.70. The molecule has 0 unspecified atom stereocenters. The highest BCUT2D eigenvalue weighted by Crippen LogP contribution is 2.34. The van der Waals surface area contributed by atoms with Gasteiger partial charge in [-0.3, -0.25) is 4.79 Å². The molecule has 7 nitrogen and oxygen atoms in total. The number of carbonyl (C=O) groups excluding carboxylic acids is 1. The van der Waals surface area contributed by atoms with Gasteiger partial charge in [-0.25, -0.2) is 0 Å². The number of rotatable bonds is 7. The van der Waals surface area contributed by atoms with Gasteiger partial charge in [0.15, 0.2) is 5.82 Å². The van der Waals surface area contributed by atoms with E-state index in [-0.39, 0.29) is 17.0 Å². The molecule has 1 aliphatic heterocycles. The Kier molecular flexibility index (Phi) is 6.88. The van der Waals surface area contributed by atoms with Crippen molar-refractivity contribution in [2.24, 2.45) is 0 Å². The lowest BCUT2D eigenvalue weighted by Crippen LogP contribution is -2.62. The van der Waals surface area contributed by atoms with Crippen molar-refractivity contribution in [1.82, 2.24) is 20.8 Å². The maximum Gasteiger partial charge on any atom is 0.251 e. The zero-order valence-electron chi connectivity index (χ0n) is 20.0. The summed E-state index contributed by atoms with van der Waals surface area (Å²) in [5, 5.41) is 15.5. The van der Waals surface area contributed by atoms with Crippen LogP contribution in [0.1, 0.15) is 50.9 Å². The van der Waals surface area contributed by atoms with Crippen molar-refractivity contribution in [2.75, 3.05) is 25.6 Å². The molecule has 2 N–H and O–H groups in total. The molecule has 2 heterocycles. The summed E-state index contributed by atoms with van der Waals surface area (Å²) in [5.74, 6) is 1.24. The van der Waals surface area contributed by atoms with Crippen LogP contribution in [0.3, 0.4) is 0 Å². The molecule has 7 heteroatoms. The summed E-state index contributed by atoms with van der Waals surface area (Å²) in [6.07, 6.45) is 3.70. The van der Waals surface area contributed by atoms with E-state index >= 15 is 0 Å². The molecular formula is C25H35N5O2. The summed E-state index contributed by atoms with van der Waals surface area (Å²) in [7, 11) is 3.67. The standard InChI is InChI=1S/C25H35N5O2/c1-8-13-26-23(31)17-9-10-19(21(14-17)32-7)20-11-12-22(28-27-20)30(6)18-15-24(2,3)29-25(4,5)16-18/h8-12,14,18,29H,1,13,15-16H2,2-7H3,(H,26,31).